The van der Waals surface area contributed by atoms with Crippen molar-refractivity contribution in [2.24, 2.45) is 0 Å². The van der Waals surface area contributed by atoms with Gasteiger partial charge in [0.1, 0.15) is 0 Å². The van der Waals surface area contributed by atoms with Crippen molar-refractivity contribution in [3.05, 3.63) is 4.13 Å². The van der Waals surface area contributed by atoms with Crippen LogP contribution < -0.4 is 0 Å². The third-order valence-corrected chi connectivity index (χ3v) is 4.13. The molecule has 0 N–H and O–H groups in total. The molecule has 0 unspecified atom stereocenters. The zero-order valence-electron chi connectivity index (χ0n) is 9.73. The molecular weight excluding hydrogens is 238 g/mol. The number of unbranched alkanes of at least 4 members (excludes halogenated alkanes) is 1. The Morgan fingerprint density at radius 3 is 1.47 bits per heavy atom. The Bertz CT molecular complexity index is 330. The number of hydrogen-bond acceptors (Lipinski definition) is 4. The summed E-state index contributed by atoms with van der Waals surface area (Å²) in [5.74, 6) is -0.222. The first kappa shape index (κ1) is 17.3. The fourth-order valence-electron chi connectivity index (χ4n) is 0.502. The molecular formula is C8H20NO4S2-. The van der Waals surface area contributed by atoms with E-state index in [1.165, 1.54) is 12.8 Å². The summed E-state index contributed by atoms with van der Waals surface area (Å²) in [6, 6.07) is 0. The molecule has 94 valence electrons. The van der Waals surface area contributed by atoms with Gasteiger partial charge in [-0.05, 0) is 6.42 Å². The molecule has 0 amide bonds. The van der Waals surface area contributed by atoms with Crippen molar-refractivity contribution in [3.63, 3.8) is 0 Å². The van der Waals surface area contributed by atoms with E-state index in [-0.39, 0.29) is 5.75 Å². The molecule has 5 nitrogen and oxygen atoms in total. The van der Waals surface area contributed by atoms with E-state index in [0.717, 1.165) is 6.26 Å². The van der Waals surface area contributed by atoms with Crippen LogP contribution in [0.15, 0.2) is 0 Å². The van der Waals surface area contributed by atoms with Gasteiger partial charge in [0.2, 0.25) is 0 Å². The van der Waals surface area contributed by atoms with E-state index in [2.05, 4.69) is 18.0 Å². The number of sulfonamides is 2. The van der Waals surface area contributed by atoms with E-state index in [9.17, 15) is 16.8 Å². The van der Waals surface area contributed by atoms with Crippen LogP contribution in [-0.4, -0.2) is 28.8 Å². The fraction of sp³-hybridized carbons (Fsp3) is 1.00. The van der Waals surface area contributed by atoms with Crippen LogP contribution in [0.5, 0.6) is 0 Å². The maximum atomic E-state index is 10.7. The smallest absolute Gasteiger partial charge is 0.0830 e. The third kappa shape index (κ3) is 16.5. The molecule has 0 bridgehead atoms. The predicted octanol–water partition coefficient (Wildman–Crippen LogP) is 1.87. The summed E-state index contributed by atoms with van der Waals surface area (Å²) < 4.78 is 44.8. The Labute approximate surface area is 93.4 Å². The van der Waals surface area contributed by atoms with Gasteiger partial charge in [-0.2, -0.15) is 0 Å². The molecule has 0 fully saturated rings. The van der Waals surface area contributed by atoms with E-state index >= 15 is 0 Å². The SMILES string of the molecule is CCCC.CCCS(=O)(=O)[N-]S(C)(=O)=O. The highest BCUT2D eigenvalue weighted by Crippen LogP contribution is 2.08. The molecule has 0 rings (SSSR count). The third-order valence-electron chi connectivity index (χ3n) is 1.21. The predicted molar refractivity (Wildman–Crippen MR) is 62.9 cm³/mol. The topological polar surface area (TPSA) is 82.4 Å². The van der Waals surface area contributed by atoms with Gasteiger partial charge in [-0.15, -0.1) is 0 Å². The molecule has 0 aromatic carbocycles. The van der Waals surface area contributed by atoms with E-state index in [1.54, 1.807) is 6.92 Å². The maximum Gasteiger partial charge on any atom is 0.0830 e. The molecule has 0 aromatic rings. The first-order valence-electron chi connectivity index (χ1n) is 4.85. The molecule has 0 aliphatic heterocycles. The van der Waals surface area contributed by atoms with E-state index in [4.69, 9.17) is 0 Å². The minimum Gasteiger partial charge on any atom is -0.436 e. The summed E-state index contributed by atoms with van der Waals surface area (Å²) in [4.78, 5) is 0. The first-order valence-corrected chi connectivity index (χ1v) is 8.31. The molecule has 0 saturated carbocycles. The summed E-state index contributed by atoms with van der Waals surface area (Å²) in [6.07, 6.45) is 3.75. The van der Waals surface area contributed by atoms with E-state index in [1.807, 2.05) is 0 Å². The molecule has 15 heavy (non-hydrogen) atoms. The Morgan fingerprint density at radius 1 is 0.867 bits per heavy atom. The van der Waals surface area contributed by atoms with Crippen LogP contribution in [0, 0.1) is 0 Å². The van der Waals surface area contributed by atoms with E-state index in [0.29, 0.717) is 6.42 Å². The summed E-state index contributed by atoms with van der Waals surface area (Å²) in [5.41, 5.74) is 0. The Balaban J connectivity index is 0. The summed E-state index contributed by atoms with van der Waals surface area (Å²) in [5, 5.41) is 0. The highest BCUT2D eigenvalue weighted by molar-refractivity contribution is 8.11. The first-order chi connectivity index (χ1) is 6.68. The number of hydrogen-bond donors (Lipinski definition) is 0. The second kappa shape index (κ2) is 8.06. The molecule has 0 aliphatic rings. The van der Waals surface area contributed by atoms with Crippen molar-refractivity contribution in [1.29, 1.82) is 0 Å². The van der Waals surface area contributed by atoms with Crippen LogP contribution in [0.1, 0.15) is 40.0 Å². The lowest BCUT2D eigenvalue weighted by atomic mass is 10.4. The van der Waals surface area contributed by atoms with Gasteiger partial charge >= 0.3 is 0 Å². The highest BCUT2D eigenvalue weighted by Gasteiger charge is 2.00. The molecule has 0 atom stereocenters. The van der Waals surface area contributed by atoms with Gasteiger partial charge in [0.15, 0.2) is 0 Å². The zero-order chi connectivity index (χ0) is 12.5. The average molecular weight is 258 g/mol. The highest BCUT2D eigenvalue weighted by atomic mass is 32.3. The van der Waals surface area contributed by atoms with Gasteiger partial charge in [-0.1, -0.05) is 33.6 Å². The van der Waals surface area contributed by atoms with Gasteiger partial charge in [-0.25, -0.2) is 16.8 Å². The van der Waals surface area contributed by atoms with Crippen LogP contribution in [0.4, 0.5) is 0 Å². The van der Waals surface area contributed by atoms with Crippen LogP contribution in [0.3, 0.4) is 0 Å². The Kier molecular flexibility index (Phi) is 9.28. The molecule has 7 heteroatoms. The lowest BCUT2D eigenvalue weighted by Crippen LogP contribution is -2.08. The normalized spacial score (nSPS) is 11.7. The minimum atomic E-state index is -3.77. The van der Waals surface area contributed by atoms with Crippen molar-refractivity contribution >= 4 is 20.0 Å². The van der Waals surface area contributed by atoms with Crippen molar-refractivity contribution < 1.29 is 16.8 Å². The van der Waals surface area contributed by atoms with Crippen molar-refractivity contribution in [1.82, 2.24) is 0 Å². The second-order valence-corrected chi connectivity index (χ2v) is 6.73. The van der Waals surface area contributed by atoms with Crippen LogP contribution in [0.2, 0.25) is 0 Å². The largest absolute Gasteiger partial charge is 0.436 e. The number of rotatable bonds is 5. The van der Waals surface area contributed by atoms with Crippen LogP contribution in [-0.2, 0) is 20.0 Å². The van der Waals surface area contributed by atoms with Gasteiger partial charge in [-0.3, -0.25) is 0 Å². The quantitative estimate of drug-likeness (QED) is 0.753. The second-order valence-electron chi connectivity index (χ2n) is 3.09. The van der Waals surface area contributed by atoms with Crippen molar-refractivity contribution in [2.45, 2.75) is 40.0 Å². The number of nitrogens with zero attached hydrogens (tertiary/aromatic N) is 1. The van der Waals surface area contributed by atoms with Gasteiger partial charge in [0, 0.05) is 12.0 Å². The molecule has 0 saturated heterocycles. The van der Waals surface area contributed by atoms with Crippen molar-refractivity contribution in [3.8, 4) is 0 Å². The van der Waals surface area contributed by atoms with Gasteiger partial charge in [0.05, 0.1) is 20.0 Å². The molecule has 0 aromatic heterocycles. The zero-order valence-corrected chi connectivity index (χ0v) is 11.4. The summed E-state index contributed by atoms with van der Waals surface area (Å²) >= 11 is 0. The van der Waals surface area contributed by atoms with Gasteiger partial charge < -0.3 is 4.13 Å². The molecule has 0 heterocycles. The summed E-state index contributed by atoms with van der Waals surface area (Å²) in [7, 11) is -7.52. The Hall–Kier alpha value is -0.140. The fourth-order valence-corrected chi connectivity index (χ4v) is 2.97. The minimum absolute atomic E-state index is 0.222. The standard InChI is InChI=1S/C4H10NO4S2.C4H10/c1-3-4-11(8,9)5-10(2,6)7;1-3-4-2/h3-4H2,1-2H3;3-4H2,1-2H3/q-1;. The average Bonchev–Trinajstić information content (AvgIpc) is 2.00. The van der Waals surface area contributed by atoms with E-state index < -0.39 is 20.0 Å². The van der Waals surface area contributed by atoms with Gasteiger partial charge in [0.25, 0.3) is 0 Å². The van der Waals surface area contributed by atoms with Crippen LogP contribution >= 0.6 is 0 Å². The molecule has 0 radical (unpaired) electrons. The monoisotopic (exact) mass is 258 g/mol. The summed E-state index contributed by atoms with van der Waals surface area (Å²) in [6.45, 7) is 6.00. The maximum absolute atomic E-state index is 10.7. The van der Waals surface area contributed by atoms with Crippen LogP contribution in [0.25, 0.3) is 4.13 Å². The lowest BCUT2D eigenvalue weighted by Gasteiger charge is -2.16. The Morgan fingerprint density at radius 2 is 1.27 bits per heavy atom. The van der Waals surface area contributed by atoms with Crippen molar-refractivity contribution in [2.75, 3.05) is 12.0 Å². The molecule has 0 aliphatic carbocycles. The lowest BCUT2D eigenvalue weighted by molar-refractivity contribution is 0.597. The molecule has 0 spiro atoms.